The molecule has 168 valence electrons. The van der Waals surface area contributed by atoms with Gasteiger partial charge >= 0.3 is 5.97 Å². The quantitative estimate of drug-likeness (QED) is 0.400. The van der Waals surface area contributed by atoms with Gasteiger partial charge in [0.15, 0.2) is 0 Å². The first kappa shape index (κ1) is 23.7. The fourth-order valence-corrected chi connectivity index (χ4v) is 3.79. The Hall–Kier alpha value is -2.91. The van der Waals surface area contributed by atoms with E-state index in [1.807, 2.05) is 26.8 Å². The second-order valence-corrected chi connectivity index (χ2v) is 8.98. The molecule has 0 aliphatic heterocycles. The van der Waals surface area contributed by atoms with Crippen molar-refractivity contribution in [2.24, 2.45) is 5.41 Å². The number of esters is 1. The predicted molar refractivity (Wildman–Crippen MR) is 132 cm³/mol. The molecule has 3 heteroatoms. The van der Waals surface area contributed by atoms with Crippen LogP contribution in [-0.2, 0) is 22.4 Å². The zero-order chi connectivity index (χ0) is 23.1. The third kappa shape index (κ3) is 5.66. The second-order valence-electron chi connectivity index (χ2n) is 8.98. The first-order chi connectivity index (χ1) is 15.4. The van der Waals surface area contributed by atoms with E-state index >= 15 is 0 Å². The summed E-state index contributed by atoms with van der Waals surface area (Å²) in [4.78, 5) is 12.4. The van der Waals surface area contributed by atoms with Crippen molar-refractivity contribution in [1.82, 2.24) is 0 Å². The van der Waals surface area contributed by atoms with Crippen LogP contribution in [0.3, 0.4) is 0 Å². The molecule has 3 rings (SSSR count). The molecule has 0 fully saturated rings. The summed E-state index contributed by atoms with van der Waals surface area (Å²) < 4.78 is 5.60. The molecule has 0 amide bonds. The number of aryl methyl sites for hydroxylation is 1. The Labute approximate surface area is 192 Å². The van der Waals surface area contributed by atoms with Crippen LogP contribution in [0.4, 0.5) is 0 Å². The van der Waals surface area contributed by atoms with Crippen molar-refractivity contribution in [3.63, 3.8) is 0 Å². The van der Waals surface area contributed by atoms with E-state index in [1.165, 1.54) is 16.7 Å². The molecular formula is C29H34O3. The first-order valence-electron chi connectivity index (χ1n) is 11.4. The fourth-order valence-electron chi connectivity index (χ4n) is 3.79. The molecule has 3 nitrogen and oxygen atoms in total. The highest BCUT2D eigenvalue weighted by Gasteiger charge is 2.26. The largest absolute Gasteiger partial charge is 0.465 e. The number of ether oxygens (including phenoxy) is 1. The number of carbonyl (C=O) groups is 1. The number of benzene rings is 3. The molecule has 0 atom stereocenters. The summed E-state index contributed by atoms with van der Waals surface area (Å²) in [6.45, 7) is 8.43. The Morgan fingerprint density at radius 3 is 2.28 bits per heavy atom. The maximum Gasteiger partial charge on any atom is 0.311 e. The lowest BCUT2D eigenvalue weighted by molar-refractivity contribution is -0.154. The molecule has 0 heterocycles. The number of aliphatic hydroxyl groups excluding tert-OH is 1. The fraction of sp³-hybridized carbons (Fsp3) is 0.345. The van der Waals surface area contributed by atoms with Gasteiger partial charge in [-0.2, -0.15) is 0 Å². The van der Waals surface area contributed by atoms with E-state index in [2.05, 4.69) is 67.6 Å². The van der Waals surface area contributed by atoms with Crippen LogP contribution in [0.5, 0.6) is 0 Å². The number of aliphatic hydroxyl groups is 1. The average molecular weight is 431 g/mol. The van der Waals surface area contributed by atoms with E-state index in [1.54, 1.807) is 0 Å². The highest BCUT2D eigenvalue weighted by atomic mass is 16.5. The summed E-state index contributed by atoms with van der Waals surface area (Å²) in [5.41, 5.74) is 7.69. The number of rotatable bonds is 9. The second kappa shape index (κ2) is 10.6. The monoisotopic (exact) mass is 430 g/mol. The first-order valence-corrected chi connectivity index (χ1v) is 11.4. The standard InChI is InChI=1S/C29H34O3/c1-5-29(3,4)28(31)32-18-16-25-20-22(15-17-30)11-13-27(25)24-12-14-26(21(2)19-24)23-9-7-6-8-10-23/h6-14,19-20,30H,5,15-18H2,1-4H3. The molecule has 3 aromatic carbocycles. The topological polar surface area (TPSA) is 46.5 Å². The Morgan fingerprint density at radius 1 is 0.906 bits per heavy atom. The van der Waals surface area contributed by atoms with Gasteiger partial charge in [0, 0.05) is 13.0 Å². The van der Waals surface area contributed by atoms with Gasteiger partial charge in [0.2, 0.25) is 0 Å². The molecule has 32 heavy (non-hydrogen) atoms. The molecule has 0 aliphatic rings. The van der Waals surface area contributed by atoms with E-state index in [0.717, 1.165) is 28.7 Å². The molecule has 0 radical (unpaired) electrons. The maximum atomic E-state index is 12.4. The van der Waals surface area contributed by atoms with Crippen LogP contribution in [-0.4, -0.2) is 24.3 Å². The summed E-state index contributed by atoms with van der Waals surface area (Å²) >= 11 is 0. The van der Waals surface area contributed by atoms with Gasteiger partial charge in [0.25, 0.3) is 0 Å². The lowest BCUT2D eigenvalue weighted by atomic mass is 9.90. The van der Waals surface area contributed by atoms with Crippen molar-refractivity contribution in [3.05, 3.63) is 83.4 Å². The van der Waals surface area contributed by atoms with Crippen LogP contribution in [0.2, 0.25) is 0 Å². The minimum Gasteiger partial charge on any atom is -0.465 e. The Kier molecular flexibility index (Phi) is 7.87. The Bertz CT molecular complexity index is 1050. The van der Waals surface area contributed by atoms with Gasteiger partial charge in [0.1, 0.15) is 0 Å². The number of hydrogen-bond donors (Lipinski definition) is 1. The molecule has 0 unspecified atom stereocenters. The van der Waals surface area contributed by atoms with Crippen molar-refractivity contribution >= 4 is 5.97 Å². The van der Waals surface area contributed by atoms with Crippen molar-refractivity contribution in [3.8, 4) is 22.3 Å². The van der Waals surface area contributed by atoms with E-state index < -0.39 is 5.41 Å². The van der Waals surface area contributed by atoms with Gasteiger partial charge in [-0.15, -0.1) is 0 Å². The zero-order valence-corrected chi connectivity index (χ0v) is 19.7. The molecule has 0 saturated carbocycles. The smallest absolute Gasteiger partial charge is 0.311 e. The lowest BCUT2D eigenvalue weighted by Crippen LogP contribution is -2.26. The van der Waals surface area contributed by atoms with Gasteiger partial charge < -0.3 is 9.84 Å². The summed E-state index contributed by atoms with van der Waals surface area (Å²) in [7, 11) is 0. The summed E-state index contributed by atoms with van der Waals surface area (Å²) in [5.74, 6) is -0.156. The molecule has 1 N–H and O–H groups in total. The normalized spacial score (nSPS) is 11.4. The zero-order valence-electron chi connectivity index (χ0n) is 19.7. The van der Waals surface area contributed by atoms with E-state index in [-0.39, 0.29) is 12.6 Å². The molecule has 3 aromatic rings. The number of hydrogen-bond acceptors (Lipinski definition) is 3. The van der Waals surface area contributed by atoms with Crippen LogP contribution in [0, 0.1) is 12.3 Å². The van der Waals surface area contributed by atoms with Gasteiger partial charge in [0.05, 0.1) is 12.0 Å². The highest BCUT2D eigenvalue weighted by Crippen LogP contribution is 2.31. The highest BCUT2D eigenvalue weighted by molar-refractivity contribution is 5.76. The maximum absolute atomic E-state index is 12.4. The molecule has 0 aliphatic carbocycles. The van der Waals surface area contributed by atoms with Crippen LogP contribution in [0.15, 0.2) is 66.7 Å². The van der Waals surface area contributed by atoms with E-state index in [4.69, 9.17) is 4.74 Å². The van der Waals surface area contributed by atoms with Crippen LogP contribution in [0.1, 0.15) is 43.9 Å². The van der Waals surface area contributed by atoms with Crippen LogP contribution in [0.25, 0.3) is 22.3 Å². The summed E-state index contributed by atoms with van der Waals surface area (Å²) in [6.07, 6.45) is 2.00. The third-order valence-corrected chi connectivity index (χ3v) is 6.23. The van der Waals surface area contributed by atoms with Gasteiger partial charge in [-0.25, -0.2) is 0 Å². The van der Waals surface area contributed by atoms with Crippen molar-refractivity contribution < 1.29 is 14.6 Å². The summed E-state index contributed by atoms with van der Waals surface area (Å²) in [5, 5.41) is 9.37. The van der Waals surface area contributed by atoms with Gasteiger partial charge in [-0.05, 0) is 72.6 Å². The Balaban J connectivity index is 1.87. The number of carbonyl (C=O) groups excluding carboxylic acids is 1. The van der Waals surface area contributed by atoms with Gasteiger partial charge in [-0.1, -0.05) is 73.7 Å². The van der Waals surface area contributed by atoms with E-state index in [9.17, 15) is 9.90 Å². The van der Waals surface area contributed by atoms with Crippen LogP contribution >= 0.6 is 0 Å². The predicted octanol–water partition coefficient (Wildman–Crippen LogP) is 6.39. The molecular weight excluding hydrogens is 396 g/mol. The van der Waals surface area contributed by atoms with Gasteiger partial charge in [-0.3, -0.25) is 4.79 Å². The SMILES string of the molecule is CCC(C)(C)C(=O)OCCc1cc(CCO)ccc1-c1ccc(-c2ccccc2)c(C)c1. The Morgan fingerprint density at radius 2 is 1.62 bits per heavy atom. The molecule has 0 aromatic heterocycles. The third-order valence-electron chi connectivity index (χ3n) is 6.23. The lowest BCUT2D eigenvalue weighted by Gasteiger charge is -2.21. The average Bonchev–Trinajstić information content (AvgIpc) is 2.80. The summed E-state index contributed by atoms with van der Waals surface area (Å²) in [6, 6.07) is 23.3. The van der Waals surface area contributed by atoms with Crippen molar-refractivity contribution in [2.45, 2.75) is 47.0 Å². The minimum absolute atomic E-state index is 0.114. The minimum atomic E-state index is -0.466. The van der Waals surface area contributed by atoms with E-state index in [0.29, 0.717) is 19.4 Å². The molecule has 0 saturated heterocycles. The van der Waals surface area contributed by atoms with Crippen molar-refractivity contribution in [1.29, 1.82) is 0 Å². The van der Waals surface area contributed by atoms with Crippen molar-refractivity contribution in [2.75, 3.05) is 13.2 Å². The molecule has 0 bridgehead atoms. The molecule has 0 spiro atoms. The van der Waals surface area contributed by atoms with Crippen LogP contribution < -0.4 is 0 Å².